The van der Waals surface area contributed by atoms with Crippen LogP contribution in [0.3, 0.4) is 0 Å². The van der Waals surface area contributed by atoms with Crippen LogP contribution in [0.4, 0.5) is 0 Å². The fourth-order valence-electron chi connectivity index (χ4n) is 1.64. The Labute approximate surface area is 98.5 Å². The third-order valence-electron chi connectivity index (χ3n) is 2.44. The summed E-state index contributed by atoms with van der Waals surface area (Å²) < 4.78 is 5.54. The van der Waals surface area contributed by atoms with Crippen molar-refractivity contribution in [3.05, 3.63) is 29.7 Å². The second-order valence-corrected chi connectivity index (χ2v) is 3.93. The first-order valence-corrected chi connectivity index (χ1v) is 5.37. The van der Waals surface area contributed by atoms with E-state index in [1.54, 1.807) is 25.1 Å². The molecule has 2 N–H and O–H groups in total. The Morgan fingerprint density at radius 1 is 1.59 bits per heavy atom. The largest absolute Gasteiger partial charge is 0.438 e. The molecular formula is C12H14N2O3. The lowest BCUT2D eigenvalue weighted by atomic mass is 10.2. The Balaban J connectivity index is 2.33. The van der Waals surface area contributed by atoms with Gasteiger partial charge in [0.05, 0.1) is 6.61 Å². The first kappa shape index (κ1) is 11.6. The second kappa shape index (κ2) is 4.55. The van der Waals surface area contributed by atoms with Crippen LogP contribution in [-0.4, -0.2) is 16.0 Å². The second-order valence-electron chi connectivity index (χ2n) is 3.93. The molecule has 0 saturated heterocycles. The third-order valence-corrected chi connectivity index (χ3v) is 2.44. The SMILES string of the molecule is CC(=O)NC(C)c1nc2ccc(CO)cc2o1. The highest BCUT2D eigenvalue weighted by Crippen LogP contribution is 2.21. The van der Waals surface area contributed by atoms with Crippen molar-refractivity contribution in [3.63, 3.8) is 0 Å². The first-order chi connectivity index (χ1) is 8.10. The van der Waals surface area contributed by atoms with Gasteiger partial charge in [0.25, 0.3) is 0 Å². The zero-order valence-electron chi connectivity index (χ0n) is 9.73. The molecule has 0 radical (unpaired) electrons. The lowest BCUT2D eigenvalue weighted by Crippen LogP contribution is -2.23. The molecule has 1 aromatic heterocycles. The van der Waals surface area contributed by atoms with Gasteiger partial charge in [-0.25, -0.2) is 4.98 Å². The van der Waals surface area contributed by atoms with Crippen LogP contribution in [0.1, 0.15) is 31.3 Å². The number of aromatic nitrogens is 1. The highest BCUT2D eigenvalue weighted by molar-refractivity contribution is 5.75. The van der Waals surface area contributed by atoms with Crippen LogP contribution in [0, 0.1) is 0 Å². The number of hydrogen-bond acceptors (Lipinski definition) is 4. The van der Waals surface area contributed by atoms with E-state index in [4.69, 9.17) is 9.52 Å². The molecule has 0 fully saturated rings. The molecule has 1 heterocycles. The number of nitrogens with zero attached hydrogens (tertiary/aromatic N) is 1. The molecule has 0 aliphatic carbocycles. The molecule has 5 nitrogen and oxygen atoms in total. The summed E-state index contributed by atoms with van der Waals surface area (Å²) >= 11 is 0. The van der Waals surface area contributed by atoms with Crippen LogP contribution in [0.2, 0.25) is 0 Å². The van der Waals surface area contributed by atoms with Gasteiger partial charge in [0.1, 0.15) is 11.6 Å². The highest BCUT2D eigenvalue weighted by atomic mass is 16.3. The third kappa shape index (κ3) is 2.45. The molecule has 2 aromatic rings. The predicted octanol–water partition coefficient (Wildman–Crippen LogP) is 1.52. The highest BCUT2D eigenvalue weighted by Gasteiger charge is 2.14. The van der Waals surface area contributed by atoms with Crippen molar-refractivity contribution in [2.45, 2.75) is 26.5 Å². The van der Waals surface area contributed by atoms with E-state index in [2.05, 4.69) is 10.3 Å². The van der Waals surface area contributed by atoms with Gasteiger partial charge in [0.15, 0.2) is 5.58 Å². The molecule has 1 atom stereocenters. The van der Waals surface area contributed by atoms with Crippen LogP contribution in [0.25, 0.3) is 11.1 Å². The monoisotopic (exact) mass is 234 g/mol. The zero-order valence-corrected chi connectivity index (χ0v) is 9.73. The average Bonchev–Trinajstić information content (AvgIpc) is 2.70. The number of nitrogens with one attached hydrogen (secondary N) is 1. The van der Waals surface area contributed by atoms with Crippen molar-refractivity contribution < 1.29 is 14.3 Å². The fraction of sp³-hybridized carbons (Fsp3) is 0.333. The number of benzene rings is 1. The number of fused-ring (bicyclic) bond motifs is 1. The summed E-state index contributed by atoms with van der Waals surface area (Å²) in [4.78, 5) is 15.2. The van der Waals surface area contributed by atoms with Gasteiger partial charge in [-0.05, 0) is 24.6 Å². The summed E-state index contributed by atoms with van der Waals surface area (Å²) in [5.41, 5.74) is 2.10. The van der Waals surface area contributed by atoms with E-state index in [9.17, 15) is 4.79 Å². The van der Waals surface area contributed by atoms with E-state index < -0.39 is 0 Å². The minimum Gasteiger partial charge on any atom is -0.438 e. The Bertz CT molecular complexity index is 548. The van der Waals surface area contributed by atoms with Gasteiger partial charge in [-0.2, -0.15) is 0 Å². The zero-order chi connectivity index (χ0) is 12.4. The summed E-state index contributed by atoms with van der Waals surface area (Å²) in [7, 11) is 0. The summed E-state index contributed by atoms with van der Waals surface area (Å²) in [6.45, 7) is 3.22. The number of carbonyl (C=O) groups excluding carboxylic acids is 1. The van der Waals surface area contributed by atoms with Gasteiger partial charge in [0, 0.05) is 6.92 Å². The van der Waals surface area contributed by atoms with Crippen molar-refractivity contribution in [3.8, 4) is 0 Å². The van der Waals surface area contributed by atoms with Gasteiger partial charge in [-0.3, -0.25) is 4.79 Å². The molecule has 5 heteroatoms. The van der Waals surface area contributed by atoms with Gasteiger partial charge >= 0.3 is 0 Å². The summed E-state index contributed by atoms with van der Waals surface area (Å²) in [6, 6.07) is 5.05. The van der Waals surface area contributed by atoms with Crippen LogP contribution >= 0.6 is 0 Å². The minimum atomic E-state index is -0.266. The smallest absolute Gasteiger partial charge is 0.217 e. The first-order valence-electron chi connectivity index (χ1n) is 5.37. The molecule has 1 amide bonds. The number of oxazole rings is 1. The number of carbonyl (C=O) groups is 1. The van der Waals surface area contributed by atoms with E-state index in [1.807, 2.05) is 0 Å². The minimum absolute atomic E-state index is 0.0345. The molecule has 2 rings (SSSR count). The number of rotatable bonds is 3. The summed E-state index contributed by atoms with van der Waals surface area (Å²) in [5, 5.41) is 11.7. The average molecular weight is 234 g/mol. The molecule has 0 spiro atoms. The van der Waals surface area contributed by atoms with E-state index in [0.717, 1.165) is 11.1 Å². The van der Waals surface area contributed by atoms with Crippen LogP contribution in [0.15, 0.2) is 22.6 Å². The Morgan fingerprint density at radius 2 is 2.35 bits per heavy atom. The normalized spacial score (nSPS) is 12.6. The maximum Gasteiger partial charge on any atom is 0.217 e. The summed E-state index contributed by atoms with van der Waals surface area (Å²) in [6.07, 6.45) is 0. The molecule has 1 aromatic carbocycles. The van der Waals surface area contributed by atoms with Crippen LogP contribution in [0.5, 0.6) is 0 Å². The van der Waals surface area contributed by atoms with Crippen LogP contribution < -0.4 is 5.32 Å². The maximum absolute atomic E-state index is 10.9. The van der Waals surface area contributed by atoms with Crippen LogP contribution in [-0.2, 0) is 11.4 Å². The quantitative estimate of drug-likeness (QED) is 0.844. The molecule has 17 heavy (non-hydrogen) atoms. The number of hydrogen-bond donors (Lipinski definition) is 2. The van der Waals surface area contributed by atoms with Gasteiger partial charge in [0.2, 0.25) is 11.8 Å². The van der Waals surface area contributed by atoms with E-state index >= 15 is 0 Å². The lowest BCUT2D eigenvalue weighted by Gasteiger charge is -2.06. The fourth-order valence-corrected chi connectivity index (χ4v) is 1.64. The van der Waals surface area contributed by atoms with E-state index in [0.29, 0.717) is 11.5 Å². The Kier molecular flexibility index (Phi) is 3.10. The molecule has 1 unspecified atom stereocenters. The maximum atomic E-state index is 10.9. The molecule has 0 aliphatic rings. The van der Waals surface area contributed by atoms with E-state index in [-0.39, 0.29) is 18.6 Å². The van der Waals surface area contributed by atoms with Gasteiger partial charge in [-0.15, -0.1) is 0 Å². The summed E-state index contributed by atoms with van der Waals surface area (Å²) in [5.74, 6) is 0.334. The molecule has 0 saturated carbocycles. The topological polar surface area (TPSA) is 75.4 Å². The van der Waals surface area contributed by atoms with Crippen molar-refractivity contribution in [2.75, 3.05) is 0 Å². The van der Waals surface area contributed by atoms with Gasteiger partial charge < -0.3 is 14.8 Å². The Hall–Kier alpha value is -1.88. The van der Waals surface area contributed by atoms with Crippen molar-refractivity contribution in [1.82, 2.24) is 10.3 Å². The predicted molar refractivity (Wildman–Crippen MR) is 62.2 cm³/mol. The van der Waals surface area contributed by atoms with Gasteiger partial charge in [-0.1, -0.05) is 6.07 Å². The van der Waals surface area contributed by atoms with Crippen molar-refractivity contribution >= 4 is 17.0 Å². The van der Waals surface area contributed by atoms with E-state index in [1.165, 1.54) is 6.92 Å². The number of aliphatic hydroxyl groups is 1. The van der Waals surface area contributed by atoms with Crippen molar-refractivity contribution in [2.24, 2.45) is 0 Å². The Morgan fingerprint density at radius 3 is 3.00 bits per heavy atom. The number of aliphatic hydroxyl groups excluding tert-OH is 1. The standard InChI is InChI=1S/C12H14N2O3/c1-7(13-8(2)16)12-14-10-4-3-9(6-15)5-11(10)17-12/h3-5,7,15H,6H2,1-2H3,(H,13,16). The van der Waals surface area contributed by atoms with Crippen molar-refractivity contribution in [1.29, 1.82) is 0 Å². The molecular weight excluding hydrogens is 220 g/mol. The molecule has 90 valence electrons. The lowest BCUT2D eigenvalue weighted by molar-refractivity contribution is -0.119. The molecule has 0 aliphatic heterocycles. The number of amides is 1. The molecule has 0 bridgehead atoms.